The highest BCUT2D eigenvalue weighted by atomic mass is 32.2. The lowest BCUT2D eigenvalue weighted by molar-refractivity contribution is -0.136. The molecule has 1 saturated carbocycles. The molecule has 1 N–H and O–H groups in total. The second-order valence-electron chi connectivity index (χ2n) is 4.61. The third-order valence-corrected chi connectivity index (χ3v) is 5.85. The van der Waals surface area contributed by atoms with Crippen LogP contribution in [0.5, 0.6) is 0 Å². The van der Waals surface area contributed by atoms with Gasteiger partial charge in [-0.2, -0.15) is 0 Å². The zero-order valence-electron chi connectivity index (χ0n) is 10.1. The van der Waals surface area contributed by atoms with Crippen LogP contribution in [0.15, 0.2) is 0 Å². The van der Waals surface area contributed by atoms with E-state index >= 15 is 0 Å². The van der Waals surface area contributed by atoms with E-state index in [-0.39, 0.29) is 5.25 Å². The molecule has 0 aromatic heterocycles. The summed E-state index contributed by atoms with van der Waals surface area (Å²) in [6, 6.07) is 0. The van der Waals surface area contributed by atoms with E-state index in [1.54, 1.807) is 6.92 Å². The molecular weight excluding hydrogens is 224 g/mol. The highest BCUT2D eigenvalue weighted by Gasteiger charge is 2.31. The maximum atomic E-state index is 12.1. The Bertz CT molecular complexity index is 257. The number of carbonyl (C=O) groups is 1. The fourth-order valence-corrected chi connectivity index (χ4v) is 4.17. The molecule has 1 fully saturated rings. The van der Waals surface area contributed by atoms with Crippen molar-refractivity contribution >= 4 is 16.8 Å². The molecule has 16 heavy (non-hydrogen) atoms. The van der Waals surface area contributed by atoms with Crippen molar-refractivity contribution in [2.75, 3.05) is 0 Å². The summed E-state index contributed by atoms with van der Waals surface area (Å²) in [6.07, 6.45) is 5.76. The maximum absolute atomic E-state index is 12.1. The topological polar surface area (TPSA) is 54.4 Å². The molecule has 0 radical (unpaired) electrons. The van der Waals surface area contributed by atoms with Crippen LogP contribution in [0.25, 0.3) is 0 Å². The summed E-state index contributed by atoms with van der Waals surface area (Å²) in [5, 5.41) is 8.43. The summed E-state index contributed by atoms with van der Waals surface area (Å²) >= 11 is 0. The van der Waals surface area contributed by atoms with Gasteiger partial charge in [0.2, 0.25) is 0 Å². The molecule has 1 aliphatic rings. The molecule has 4 heteroatoms. The zero-order valence-corrected chi connectivity index (χ0v) is 11.0. The van der Waals surface area contributed by atoms with Crippen molar-refractivity contribution in [3.8, 4) is 0 Å². The van der Waals surface area contributed by atoms with Crippen molar-refractivity contribution in [2.45, 2.75) is 62.9 Å². The summed E-state index contributed by atoms with van der Waals surface area (Å²) in [5.74, 6) is -0.142. The smallest absolute Gasteiger partial charge is 0.319 e. The summed E-state index contributed by atoms with van der Waals surface area (Å²) in [7, 11) is -1.19. The fourth-order valence-electron chi connectivity index (χ4n) is 2.44. The van der Waals surface area contributed by atoms with Gasteiger partial charge in [0.1, 0.15) is 5.25 Å². The van der Waals surface area contributed by atoms with E-state index in [4.69, 9.17) is 5.11 Å². The molecule has 2 atom stereocenters. The van der Waals surface area contributed by atoms with Gasteiger partial charge in [-0.15, -0.1) is 0 Å². The van der Waals surface area contributed by atoms with E-state index < -0.39 is 22.0 Å². The Labute approximate surface area is 100 Å². The number of hydrogen-bond donors (Lipinski definition) is 1. The Morgan fingerprint density at radius 3 is 2.25 bits per heavy atom. The van der Waals surface area contributed by atoms with E-state index in [0.717, 1.165) is 31.6 Å². The van der Waals surface area contributed by atoms with Gasteiger partial charge in [0.15, 0.2) is 0 Å². The van der Waals surface area contributed by atoms with Gasteiger partial charge in [0.05, 0.1) is 0 Å². The number of carboxylic acid groups (broad SMARTS) is 1. The second-order valence-corrected chi connectivity index (χ2v) is 6.51. The minimum absolute atomic E-state index is 0.115. The fraction of sp³-hybridized carbons (Fsp3) is 0.917. The molecule has 1 aliphatic carbocycles. The first kappa shape index (κ1) is 13.7. The summed E-state index contributed by atoms with van der Waals surface area (Å²) < 4.78 is 12.1. The lowest BCUT2D eigenvalue weighted by Crippen LogP contribution is -2.34. The molecule has 0 amide bonds. The Morgan fingerprint density at radius 1 is 1.31 bits per heavy atom. The van der Waals surface area contributed by atoms with Crippen molar-refractivity contribution < 1.29 is 14.1 Å². The van der Waals surface area contributed by atoms with Crippen LogP contribution in [0.2, 0.25) is 0 Å². The first-order chi connectivity index (χ1) is 7.60. The predicted octanol–water partition coefficient (Wildman–Crippen LogP) is 2.57. The molecule has 0 spiro atoms. The molecule has 3 nitrogen and oxygen atoms in total. The van der Waals surface area contributed by atoms with Gasteiger partial charge < -0.3 is 5.11 Å². The van der Waals surface area contributed by atoms with Crippen LogP contribution < -0.4 is 0 Å². The molecule has 0 bridgehead atoms. The Morgan fingerprint density at radius 2 is 1.88 bits per heavy atom. The van der Waals surface area contributed by atoms with E-state index in [0.29, 0.717) is 6.42 Å². The first-order valence-corrected chi connectivity index (χ1v) is 7.49. The normalized spacial score (nSPS) is 29.6. The van der Waals surface area contributed by atoms with E-state index in [9.17, 15) is 9.00 Å². The highest BCUT2D eigenvalue weighted by molar-refractivity contribution is 7.87. The molecule has 0 aromatic carbocycles. The summed E-state index contributed by atoms with van der Waals surface area (Å²) in [5.41, 5.74) is 0. The van der Waals surface area contributed by atoms with Gasteiger partial charge in [0.25, 0.3) is 0 Å². The molecule has 1 rings (SSSR count). The maximum Gasteiger partial charge on any atom is 0.319 e. The quantitative estimate of drug-likeness (QED) is 0.811. The van der Waals surface area contributed by atoms with Gasteiger partial charge in [-0.3, -0.25) is 9.00 Å². The second kappa shape index (κ2) is 6.38. The monoisotopic (exact) mass is 246 g/mol. The van der Waals surface area contributed by atoms with Crippen LogP contribution in [-0.4, -0.2) is 25.8 Å². The molecular formula is C12H22O3S. The number of hydrogen-bond acceptors (Lipinski definition) is 2. The zero-order chi connectivity index (χ0) is 12.1. The molecule has 0 heterocycles. The van der Waals surface area contributed by atoms with Crippen molar-refractivity contribution in [1.82, 2.24) is 0 Å². The van der Waals surface area contributed by atoms with Crippen LogP contribution in [-0.2, 0) is 15.6 Å². The van der Waals surface area contributed by atoms with Crippen molar-refractivity contribution in [2.24, 2.45) is 5.92 Å². The molecule has 94 valence electrons. The van der Waals surface area contributed by atoms with Crippen molar-refractivity contribution in [3.63, 3.8) is 0 Å². The van der Waals surface area contributed by atoms with Gasteiger partial charge in [0, 0.05) is 16.0 Å². The third kappa shape index (κ3) is 3.30. The SMILES string of the molecule is CCC1CCC(S(=O)C(CC)C(=O)O)CC1. The predicted molar refractivity (Wildman–Crippen MR) is 65.9 cm³/mol. The Hall–Kier alpha value is -0.380. The van der Waals surface area contributed by atoms with E-state index in [1.807, 2.05) is 0 Å². The van der Waals surface area contributed by atoms with Gasteiger partial charge in [-0.25, -0.2) is 0 Å². The number of rotatable bonds is 5. The van der Waals surface area contributed by atoms with Gasteiger partial charge in [-0.05, 0) is 38.0 Å². The van der Waals surface area contributed by atoms with Gasteiger partial charge in [-0.1, -0.05) is 20.3 Å². The van der Waals surface area contributed by atoms with E-state index in [1.165, 1.54) is 6.42 Å². The van der Waals surface area contributed by atoms with Crippen LogP contribution in [0.4, 0.5) is 0 Å². The lowest BCUT2D eigenvalue weighted by atomic mass is 9.87. The van der Waals surface area contributed by atoms with Gasteiger partial charge >= 0.3 is 5.97 Å². The Balaban J connectivity index is 2.52. The summed E-state index contributed by atoms with van der Waals surface area (Å²) in [6.45, 7) is 3.99. The minimum Gasteiger partial charge on any atom is -0.480 e. The number of carboxylic acids is 1. The molecule has 0 aromatic rings. The van der Waals surface area contributed by atoms with Crippen LogP contribution >= 0.6 is 0 Å². The third-order valence-electron chi connectivity index (χ3n) is 3.63. The molecule has 0 aliphatic heterocycles. The summed E-state index contributed by atoms with van der Waals surface area (Å²) in [4.78, 5) is 10.9. The average Bonchev–Trinajstić information content (AvgIpc) is 2.29. The standard InChI is InChI=1S/C12H22O3S/c1-3-9-5-7-10(8-6-9)16(15)11(4-2)12(13)14/h9-11H,3-8H2,1-2H3,(H,13,14). The van der Waals surface area contributed by atoms with E-state index in [2.05, 4.69) is 6.92 Å². The van der Waals surface area contributed by atoms with Crippen LogP contribution in [0.1, 0.15) is 52.4 Å². The minimum atomic E-state index is -1.19. The molecule has 0 saturated heterocycles. The first-order valence-electron chi connectivity index (χ1n) is 6.22. The van der Waals surface area contributed by atoms with Crippen molar-refractivity contribution in [1.29, 1.82) is 0 Å². The highest BCUT2D eigenvalue weighted by Crippen LogP contribution is 2.30. The average molecular weight is 246 g/mol. The van der Waals surface area contributed by atoms with Crippen LogP contribution in [0, 0.1) is 5.92 Å². The van der Waals surface area contributed by atoms with Crippen molar-refractivity contribution in [3.05, 3.63) is 0 Å². The molecule has 2 unspecified atom stereocenters. The largest absolute Gasteiger partial charge is 0.480 e. The van der Waals surface area contributed by atoms with Crippen LogP contribution in [0.3, 0.4) is 0 Å². The number of aliphatic carboxylic acids is 1. The lowest BCUT2D eigenvalue weighted by Gasteiger charge is -2.28. The Kier molecular flexibility index (Phi) is 5.46.